The van der Waals surface area contributed by atoms with Gasteiger partial charge in [-0.1, -0.05) is 36.8 Å². The highest BCUT2D eigenvalue weighted by molar-refractivity contribution is 7.98. The maximum Gasteiger partial charge on any atom is 0.269 e. The molecule has 0 saturated heterocycles. The van der Waals surface area contributed by atoms with Crippen LogP contribution in [-0.4, -0.2) is 14.5 Å². The zero-order valence-corrected chi connectivity index (χ0v) is 21.4. The molecule has 6 rings (SSSR count). The Hall–Kier alpha value is -3.26. The van der Waals surface area contributed by atoms with Crippen LogP contribution < -0.4 is 10.9 Å². The lowest BCUT2D eigenvalue weighted by atomic mass is 9.99. The summed E-state index contributed by atoms with van der Waals surface area (Å²) in [6, 6.07) is 17.7. The van der Waals surface area contributed by atoms with Crippen LogP contribution in [0, 0.1) is 12.3 Å². The summed E-state index contributed by atoms with van der Waals surface area (Å²) in [6.45, 7) is 2.02. The van der Waals surface area contributed by atoms with E-state index in [1.807, 2.05) is 31.2 Å². The zero-order chi connectivity index (χ0) is 25.6. The lowest BCUT2D eigenvalue weighted by Crippen LogP contribution is -2.31. The van der Waals surface area contributed by atoms with Gasteiger partial charge < -0.3 is 5.32 Å². The van der Waals surface area contributed by atoms with Crippen LogP contribution in [0.25, 0.3) is 11.0 Å². The number of hydrogen-bond donors (Lipinski definition) is 1. The Morgan fingerprint density at radius 2 is 1.95 bits per heavy atom. The van der Waals surface area contributed by atoms with Gasteiger partial charge in [0.15, 0.2) is 0 Å². The van der Waals surface area contributed by atoms with Crippen LogP contribution in [0.4, 0.5) is 20.4 Å². The summed E-state index contributed by atoms with van der Waals surface area (Å²) in [5, 5.41) is 3.75. The van der Waals surface area contributed by atoms with Gasteiger partial charge in [0, 0.05) is 34.0 Å². The molecule has 2 saturated carbocycles. The summed E-state index contributed by atoms with van der Waals surface area (Å²) in [4.78, 5) is 23.5. The van der Waals surface area contributed by atoms with E-state index >= 15 is 0 Å². The van der Waals surface area contributed by atoms with E-state index in [4.69, 9.17) is 4.98 Å². The summed E-state index contributed by atoms with van der Waals surface area (Å²) >= 11 is 1.77. The fourth-order valence-corrected chi connectivity index (χ4v) is 6.59. The third-order valence-electron chi connectivity index (χ3n) is 7.79. The summed E-state index contributed by atoms with van der Waals surface area (Å²) < 4.78 is 29.1. The Balaban J connectivity index is 1.31. The molecule has 1 unspecified atom stereocenters. The van der Waals surface area contributed by atoms with Crippen molar-refractivity contribution in [1.29, 1.82) is 0 Å². The minimum atomic E-state index is -2.83. The van der Waals surface area contributed by atoms with E-state index in [0.717, 1.165) is 54.0 Å². The van der Waals surface area contributed by atoms with Gasteiger partial charge in [-0.05, 0) is 73.4 Å². The van der Waals surface area contributed by atoms with Crippen molar-refractivity contribution >= 4 is 34.4 Å². The summed E-state index contributed by atoms with van der Waals surface area (Å²) in [5.41, 5.74) is 2.56. The molecular weight excluding hydrogens is 490 g/mol. The monoisotopic (exact) mass is 518 g/mol. The number of nitrogens with one attached hydrogen (secondary N) is 1. The van der Waals surface area contributed by atoms with Crippen LogP contribution >= 0.6 is 11.8 Å². The Bertz CT molecular complexity index is 1520. The van der Waals surface area contributed by atoms with Crippen molar-refractivity contribution in [2.24, 2.45) is 5.41 Å². The van der Waals surface area contributed by atoms with Gasteiger partial charge in [-0.25, -0.2) is 13.8 Å². The van der Waals surface area contributed by atoms with Crippen molar-refractivity contribution in [3.63, 3.8) is 0 Å². The number of benzene rings is 2. The van der Waals surface area contributed by atoms with E-state index in [-0.39, 0.29) is 11.5 Å². The highest BCUT2D eigenvalue weighted by Crippen LogP contribution is 2.63. The number of aryl methyl sites for hydroxylation is 1. The number of thioether (sulfide) groups is 1. The molecule has 4 aromatic rings. The lowest BCUT2D eigenvalue weighted by molar-refractivity contribution is 0.148. The van der Waals surface area contributed by atoms with E-state index in [9.17, 15) is 13.6 Å². The molecule has 5 nitrogen and oxygen atoms in total. The first-order chi connectivity index (χ1) is 17.9. The largest absolute Gasteiger partial charge is 0.324 e. The Morgan fingerprint density at radius 3 is 2.68 bits per heavy atom. The van der Waals surface area contributed by atoms with Crippen molar-refractivity contribution in [3.8, 4) is 0 Å². The van der Waals surface area contributed by atoms with E-state index < -0.39 is 17.5 Å². The molecule has 2 heterocycles. The van der Waals surface area contributed by atoms with E-state index in [1.54, 1.807) is 22.5 Å². The second-order valence-corrected chi connectivity index (χ2v) is 11.2. The van der Waals surface area contributed by atoms with E-state index in [2.05, 4.69) is 34.6 Å². The second kappa shape index (κ2) is 9.56. The predicted octanol–water partition coefficient (Wildman–Crippen LogP) is 7.58. The minimum Gasteiger partial charge on any atom is -0.324 e. The number of pyridine rings is 1. The zero-order valence-electron chi connectivity index (χ0n) is 20.6. The normalized spacial score (nSPS) is 18.1. The van der Waals surface area contributed by atoms with Gasteiger partial charge in [0.2, 0.25) is 5.95 Å². The molecule has 0 bridgehead atoms. The van der Waals surface area contributed by atoms with Crippen LogP contribution in [0.3, 0.4) is 0 Å². The minimum absolute atomic E-state index is 0.0554. The second-order valence-electron chi connectivity index (χ2n) is 10.2. The lowest BCUT2D eigenvalue weighted by Gasteiger charge is -2.24. The molecule has 8 heteroatoms. The summed E-state index contributed by atoms with van der Waals surface area (Å²) in [6.07, 6.45) is 3.63. The summed E-state index contributed by atoms with van der Waals surface area (Å²) in [5.74, 6) is 1.24. The molecular formula is C29H28F2N4OS. The van der Waals surface area contributed by atoms with Gasteiger partial charge >= 0.3 is 0 Å². The molecule has 2 fully saturated rings. The molecule has 1 atom stereocenters. The third-order valence-corrected chi connectivity index (χ3v) is 8.86. The van der Waals surface area contributed by atoms with Crippen LogP contribution in [0.2, 0.25) is 0 Å². The molecule has 37 heavy (non-hydrogen) atoms. The number of fused-ring (bicyclic) bond motifs is 1. The van der Waals surface area contributed by atoms with E-state index in [0.29, 0.717) is 17.0 Å². The van der Waals surface area contributed by atoms with Gasteiger partial charge in [0.05, 0.1) is 5.56 Å². The van der Waals surface area contributed by atoms with Crippen molar-refractivity contribution in [2.45, 2.75) is 62.1 Å². The smallest absolute Gasteiger partial charge is 0.269 e. The SMILES string of the molecule is Cc1cc(SCc2ccccc2)ccc1Nc1ncc2cc(C(F)F)c(=O)n(C3CCCC34CC4)c2n1. The fraction of sp³-hybridized carbons (Fsp3) is 0.345. The molecule has 0 aliphatic heterocycles. The molecule has 1 N–H and O–H groups in total. The van der Waals surface area contributed by atoms with E-state index in [1.165, 1.54) is 11.6 Å². The van der Waals surface area contributed by atoms with Gasteiger partial charge in [-0.15, -0.1) is 11.8 Å². The topological polar surface area (TPSA) is 59.8 Å². The van der Waals surface area contributed by atoms with Crippen LogP contribution in [-0.2, 0) is 5.75 Å². The predicted molar refractivity (Wildman–Crippen MR) is 144 cm³/mol. The average molecular weight is 519 g/mol. The average Bonchev–Trinajstić information content (AvgIpc) is 3.56. The number of hydrogen-bond acceptors (Lipinski definition) is 5. The Kier molecular flexibility index (Phi) is 6.23. The number of aromatic nitrogens is 3. The molecule has 2 aromatic heterocycles. The van der Waals surface area contributed by atoms with Crippen molar-refractivity contribution in [3.05, 3.63) is 87.8 Å². The summed E-state index contributed by atoms with van der Waals surface area (Å²) in [7, 11) is 0. The number of anilines is 2. The van der Waals surface area contributed by atoms with Gasteiger partial charge in [-0.2, -0.15) is 4.98 Å². The third kappa shape index (κ3) is 4.63. The van der Waals surface area contributed by atoms with Crippen molar-refractivity contribution in [1.82, 2.24) is 14.5 Å². The van der Waals surface area contributed by atoms with Crippen LogP contribution in [0.1, 0.15) is 61.3 Å². The van der Waals surface area contributed by atoms with Crippen molar-refractivity contribution in [2.75, 3.05) is 5.32 Å². The Morgan fingerprint density at radius 1 is 1.14 bits per heavy atom. The molecule has 190 valence electrons. The maximum absolute atomic E-state index is 13.8. The first kappa shape index (κ1) is 24.1. The van der Waals surface area contributed by atoms with Crippen LogP contribution in [0.5, 0.6) is 0 Å². The number of nitrogens with zero attached hydrogens (tertiary/aromatic N) is 3. The molecule has 2 aromatic carbocycles. The molecule has 2 aliphatic rings. The van der Waals surface area contributed by atoms with Gasteiger partial charge in [0.1, 0.15) is 5.65 Å². The fourth-order valence-electron chi connectivity index (χ4n) is 5.64. The first-order valence-electron chi connectivity index (χ1n) is 12.7. The molecule has 0 amide bonds. The number of halogens is 2. The van der Waals surface area contributed by atoms with Gasteiger partial charge in [0.25, 0.3) is 12.0 Å². The van der Waals surface area contributed by atoms with Crippen molar-refractivity contribution < 1.29 is 8.78 Å². The van der Waals surface area contributed by atoms with Crippen LogP contribution in [0.15, 0.2) is 70.5 Å². The first-order valence-corrected chi connectivity index (χ1v) is 13.7. The van der Waals surface area contributed by atoms with Gasteiger partial charge in [-0.3, -0.25) is 9.36 Å². The highest BCUT2D eigenvalue weighted by Gasteiger charge is 2.53. The molecule has 1 spiro atoms. The maximum atomic E-state index is 13.8. The standard InChI is InChI=1S/C29H28F2N4OS/c1-18-14-21(37-17-19-6-3-2-4-7-19)9-10-23(18)33-28-32-16-20-15-22(25(30)31)27(36)35(26(20)34-28)24-8-5-11-29(24)12-13-29/h2-4,6-7,9-10,14-16,24-25H,5,8,11-13,17H2,1H3,(H,32,33,34). The number of alkyl halides is 2. The quantitative estimate of drug-likeness (QED) is 0.256. The molecule has 2 aliphatic carbocycles. The molecule has 0 radical (unpaired) electrons. The highest BCUT2D eigenvalue weighted by atomic mass is 32.2. The Labute approximate surface area is 218 Å². The number of rotatable bonds is 7.